The summed E-state index contributed by atoms with van der Waals surface area (Å²) in [6, 6.07) is 9.92. The monoisotopic (exact) mass is 391 g/mol. The van der Waals surface area contributed by atoms with Gasteiger partial charge in [0.05, 0.1) is 26.7 Å². The molecule has 6 nitrogen and oxygen atoms in total. The molecule has 2 aromatic carbocycles. The normalized spacial score (nSPS) is 13.8. The van der Waals surface area contributed by atoms with E-state index < -0.39 is 11.2 Å². The lowest BCUT2D eigenvalue weighted by Gasteiger charge is -2.21. The molecule has 0 saturated carbocycles. The lowest BCUT2D eigenvalue weighted by atomic mass is 10.1. The minimum atomic E-state index is -1.05. The molecule has 0 aliphatic carbocycles. The highest BCUT2D eigenvalue weighted by Gasteiger charge is 2.21. The zero-order valence-corrected chi connectivity index (χ0v) is 17.1. The molecule has 8 heteroatoms. The molecule has 0 fully saturated rings. The summed E-state index contributed by atoms with van der Waals surface area (Å²) < 4.78 is 7.25. The van der Waals surface area contributed by atoms with Crippen LogP contribution in [0.1, 0.15) is 6.92 Å². The molecule has 0 aliphatic heterocycles. The molecule has 3 rings (SSSR count). The first kappa shape index (κ1) is 18.4. The topological polar surface area (TPSA) is 88.8 Å². The van der Waals surface area contributed by atoms with Crippen molar-refractivity contribution in [1.82, 2.24) is 4.57 Å². The molecule has 1 heterocycles. The number of carboxylic acids is 1. The summed E-state index contributed by atoms with van der Waals surface area (Å²) in [5.41, 5.74) is 0.572. The van der Waals surface area contributed by atoms with E-state index in [-0.39, 0.29) is 29.4 Å². The zero-order valence-electron chi connectivity index (χ0n) is 14.3. The Balaban J connectivity index is 2.42. The fourth-order valence-electron chi connectivity index (χ4n) is 2.85. The molecule has 0 unspecified atom stereocenters. The van der Waals surface area contributed by atoms with Crippen molar-refractivity contribution in [2.45, 2.75) is 18.7 Å². The Morgan fingerprint density at radius 1 is 1.27 bits per heavy atom. The van der Waals surface area contributed by atoms with Gasteiger partial charge in [0.2, 0.25) is 0 Å². The molecule has 0 amide bonds. The van der Waals surface area contributed by atoms with E-state index in [9.17, 15) is 19.8 Å². The van der Waals surface area contributed by atoms with Gasteiger partial charge in [-0.25, -0.2) is 0 Å². The second-order valence-corrected chi connectivity index (χ2v) is 9.26. The highest BCUT2D eigenvalue weighted by Crippen LogP contribution is 2.34. The molecule has 1 aromatic heterocycles. The quantitative estimate of drug-likeness (QED) is 0.506. The molecule has 26 heavy (non-hydrogen) atoms. The van der Waals surface area contributed by atoms with Crippen LogP contribution in [0.25, 0.3) is 21.8 Å². The van der Waals surface area contributed by atoms with E-state index in [4.69, 9.17) is 16.3 Å². The van der Waals surface area contributed by atoms with E-state index in [1.165, 1.54) is 4.57 Å². The van der Waals surface area contributed by atoms with Crippen LogP contribution in [0.2, 0.25) is 5.02 Å². The average molecular weight is 392 g/mol. The van der Waals surface area contributed by atoms with Crippen molar-refractivity contribution >= 4 is 49.6 Å². The molecule has 136 valence electrons. The van der Waals surface area contributed by atoms with Crippen LogP contribution in [0.5, 0.6) is 5.75 Å². The fourth-order valence-corrected chi connectivity index (χ4v) is 3.20. The van der Waals surface area contributed by atoms with Crippen molar-refractivity contribution in [1.29, 1.82) is 0 Å². The van der Waals surface area contributed by atoms with E-state index in [0.717, 1.165) is 0 Å². The van der Waals surface area contributed by atoms with Crippen LogP contribution in [0.4, 0.5) is 0 Å². The third-order valence-electron chi connectivity index (χ3n) is 3.90. The number of aliphatic carboxylic acids is 1. The Kier molecular flexibility index (Phi) is 4.79. The number of hydrogen-bond donors (Lipinski definition) is 2. The number of rotatable bonds is 5. The van der Waals surface area contributed by atoms with E-state index in [1.807, 2.05) is 0 Å². The molecule has 0 aliphatic rings. The van der Waals surface area contributed by atoms with Gasteiger partial charge in [-0.2, -0.15) is 0 Å². The first-order chi connectivity index (χ1) is 12.2. The van der Waals surface area contributed by atoms with Crippen LogP contribution in [0.15, 0.2) is 41.2 Å². The first-order valence-electron chi connectivity index (χ1n) is 8.00. The number of carboxylic acid groups (broad SMARTS) is 1. The Bertz CT molecular complexity index is 1070. The van der Waals surface area contributed by atoms with E-state index in [0.29, 0.717) is 32.0 Å². The number of carbonyl (C=O) groups is 1. The molecule has 0 spiro atoms. The molecular weight excluding hydrogens is 374 g/mol. The van der Waals surface area contributed by atoms with Gasteiger partial charge in [-0.1, -0.05) is 23.7 Å². The van der Waals surface area contributed by atoms with E-state index >= 15 is 0 Å². The summed E-state index contributed by atoms with van der Waals surface area (Å²) in [6.07, 6.45) is 0. The number of aromatic nitrogens is 1. The van der Waals surface area contributed by atoms with Gasteiger partial charge in [0, 0.05) is 15.6 Å². The van der Waals surface area contributed by atoms with Gasteiger partial charge < -0.3 is 19.5 Å². The maximum atomic E-state index is 12.9. The summed E-state index contributed by atoms with van der Waals surface area (Å²) in [6.45, 7) is 1.27. The minimum absolute atomic E-state index is 0.00779. The lowest BCUT2D eigenvalue weighted by Crippen LogP contribution is -2.32. The zero-order chi connectivity index (χ0) is 19.1. The Morgan fingerprint density at radius 2 is 1.96 bits per heavy atom. The van der Waals surface area contributed by atoms with Crippen LogP contribution >= 0.6 is 11.6 Å². The second-order valence-electron chi connectivity index (χ2n) is 6.70. The lowest BCUT2D eigenvalue weighted by molar-refractivity contribution is -0.137. The van der Waals surface area contributed by atoms with Crippen LogP contribution in [0.3, 0.4) is 0 Å². The maximum absolute atomic E-state index is 12.9. The van der Waals surface area contributed by atoms with E-state index in [1.54, 1.807) is 43.3 Å². The smallest absolute Gasteiger partial charge is 0.323 e. The van der Waals surface area contributed by atoms with Gasteiger partial charge >= 0.3 is 5.97 Å². The first-order valence-corrected chi connectivity index (χ1v) is 9.37. The molecule has 0 radical (unpaired) electrons. The van der Waals surface area contributed by atoms with Gasteiger partial charge in [-0.3, -0.25) is 9.59 Å². The van der Waals surface area contributed by atoms with Crippen molar-refractivity contribution in [3.63, 3.8) is 0 Å². The summed E-state index contributed by atoms with van der Waals surface area (Å²) in [5.74, 6) is -0.856. The van der Waals surface area contributed by atoms with Crippen LogP contribution < -0.4 is 10.2 Å². The van der Waals surface area contributed by atoms with Gasteiger partial charge in [0.15, 0.2) is 11.2 Å². The summed E-state index contributed by atoms with van der Waals surface area (Å²) in [7, 11) is 0.473. The fraction of sp³-hybridized carbons (Fsp3) is 0.222. The third kappa shape index (κ3) is 3.46. The van der Waals surface area contributed by atoms with Crippen LogP contribution in [-0.4, -0.2) is 42.8 Å². The molecule has 1 atom stereocenters. The summed E-state index contributed by atoms with van der Waals surface area (Å²) >= 11 is 6.29. The molecule has 0 saturated heterocycles. The van der Waals surface area contributed by atoms with Gasteiger partial charge in [-0.15, -0.1) is 0 Å². The molecular formula is C18H18ClNO5Si. The van der Waals surface area contributed by atoms with Crippen molar-refractivity contribution in [2.75, 3.05) is 6.61 Å². The van der Waals surface area contributed by atoms with Crippen molar-refractivity contribution < 1.29 is 19.7 Å². The number of fused-ring (bicyclic) bond motifs is 2. The number of hydrogen-bond acceptors (Lipinski definition) is 4. The number of benzene rings is 2. The predicted octanol–water partition coefficient (Wildman–Crippen LogP) is 1.35. The SMILES string of the molecule is C[C@@](O)([SiH3])COc1c(Cl)ccc2c(=O)c3ccccc3n(CC(=O)O)c12. The maximum Gasteiger partial charge on any atom is 0.323 e. The predicted molar refractivity (Wildman–Crippen MR) is 104 cm³/mol. The van der Waals surface area contributed by atoms with Crippen molar-refractivity contribution in [3.8, 4) is 5.75 Å². The van der Waals surface area contributed by atoms with E-state index in [2.05, 4.69) is 0 Å². The number of halogens is 1. The third-order valence-corrected chi connectivity index (χ3v) is 4.49. The molecule has 3 aromatic rings. The second kappa shape index (κ2) is 6.75. The molecule has 2 N–H and O–H groups in total. The highest BCUT2D eigenvalue weighted by atomic mass is 35.5. The molecule has 0 bridgehead atoms. The van der Waals surface area contributed by atoms with Gasteiger partial charge in [-0.05, 0) is 31.2 Å². The summed E-state index contributed by atoms with van der Waals surface area (Å²) in [5, 5.41) is 19.4. The standard InChI is InChI=1S/C18H18ClNO5Si/c1-18(24,26)9-25-17-12(19)7-6-11-15(17)20(8-14(21)22)13-5-3-2-4-10(13)16(11)23/h2-7,24H,8-9H2,1,26H3,(H,21,22)/t18-/m1/s1. The Labute approximate surface area is 157 Å². The van der Waals surface area contributed by atoms with Gasteiger partial charge in [0.25, 0.3) is 0 Å². The van der Waals surface area contributed by atoms with Crippen LogP contribution in [0, 0.1) is 0 Å². The average Bonchev–Trinajstić information content (AvgIpc) is 2.56. The van der Waals surface area contributed by atoms with Gasteiger partial charge in [0.1, 0.15) is 13.2 Å². The van der Waals surface area contributed by atoms with Crippen molar-refractivity contribution in [3.05, 3.63) is 51.6 Å². The Hall–Kier alpha value is -2.35. The number of ether oxygens (including phenoxy) is 1. The largest absolute Gasteiger partial charge is 0.487 e. The number of aliphatic hydroxyl groups is 1. The number of nitrogens with zero attached hydrogens (tertiary/aromatic N) is 1. The number of para-hydroxylation sites is 1. The minimum Gasteiger partial charge on any atom is -0.487 e. The summed E-state index contributed by atoms with van der Waals surface area (Å²) in [4.78, 5) is 24.3. The van der Waals surface area contributed by atoms with Crippen LogP contribution in [-0.2, 0) is 11.3 Å². The Morgan fingerprint density at radius 3 is 2.62 bits per heavy atom. The van der Waals surface area contributed by atoms with Crippen molar-refractivity contribution in [2.24, 2.45) is 0 Å². The number of pyridine rings is 1. The highest BCUT2D eigenvalue weighted by molar-refractivity contribution is 6.33.